The van der Waals surface area contributed by atoms with Crippen LogP contribution in [0.3, 0.4) is 0 Å². The predicted molar refractivity (Wildman–Crippen MR) is 67.3 cm³/mol. The molecular weight excluding hydrogens is 263 g/mol. The van der Waals surface area contributed by atoms with Crippen molar-refractivity contribution in [1.29, 1.82) is 0 Å². The Morgan fingerprint density at radius 1 is 1.30 bits per heavy atom. The minimum absolute atomic E-state index is 0.0496. The molecule has 3 amide bonds. The van der Waals surface area contributed by atoms with Crippen molar-refractivity contribution in [1.82, 2.24) is 10.2 Å². The third kappa shape index (κ3) is 1.71. The van der Waals surface area contributed by atoms with Gasteiger partial charge < -0.3 is 0 Å². The van der Waals surface area contributed by atoms with Gasteiger partial charge in [-0.05, 0) is 18.6 Å². The van der Waals surface area contributed by atoms with Crippen molar-refractivity contribution < 1.29 is 18.8 Å². The number of fused-ring (bicyclic) bond motifs is 1. The SMILES string of the molecule is Cc1ccc2c(c1)CN(C1(F)CCC(=O)NC1=O)C2=O. The number of amides is 3. The highest BCUT2D eigenvalue weighted by atomic mass is 19.1. The smallest absolute Gasteiger partial charge is 0.285 e. The lowest BCUT2D eigenvalue weighted by atomic mass is 10.0. The number of benzene rings is 1. The number of nitrogens with one attached hydrogen (secondary N) is 1. The van der Waals surface area contributed by atoms with E-state index in [9.17, 15) is 18.8 Å². The molecule has 0 radical (unpaired) electrons. The maximum atomic E-state index is 14.9. The summed E-state index contributed by atoms with van der Waals surface area (Å²) >= 11 is 0. The Morgan fingerprint density at radius 3 is 2.75 bits per heavy atom. The minimum atomic E-state index is -2.45. The highest BCUT2D eigenvalue weighted by molar-refractivity contribution is 6.06. The average molecular weight is 276 g/mol. The lowest BCUT2D eigenvalue weighted by Crippen LogP contribution is -2.60. The number of alkyl halides is 1. The molecule has 1 N–H and O–H groups in total. The molecule has 1 saturated heterocycles. The highest BCUT2D eigenvalue weighted by Crippen LogP contribution is 2.35. The highest BCUT2D eigenvalue weighted by Gasteiger charge is 2.52. The van der Waals surface area contributed by atoms with E-state index in [2.05, 4.69) is 0 Å². The summed E-state index contributed by atoms with van der Waals surface area (Å²) in [5.41, 5.74) is 2.09. The normalized spacial score (nSPS) is 25.7. The van der Waals surface area contributed by atoms with Crippen molar-refractivity contribution in [3.8, 4) is 0 Å². The maximum Gasteiger partial charge on any atom is 0.285 e. The molecule has 104 valence electrons. The molecule has 1 atom stereocenters. The number of nitrogens with zero attached hydrogens (tertiary/aromatic N) is 1. The Balaban J connectivity index is 1.95. The molecule has 5 nitrogen and oxygen atoms in total. The molecule has 2 heterocycles. The molecule has 0 spiro atoms. The van der Waals surface area contributed by atoms with Gasteiger partial charge in [-0.3, -0.25) is 24.6 Å². The van der Waals surface area contributed by atoms with Crippen LogP contribution in [-0.4, -0.2) is 28.4 Å². The molecular formula is C14H13FN2O3. The van der Waals surface area contributed by atoms with Crippen LogP contribution in [0, 0.1) is 6.92 Å². The largest absolute Gasteiger partial charge is 0.294 e. The van der Waals surface area contributed by atoms with E-state index >= 15 is 0 Å². The van der Waals surface area contributed by atoms with Crippen molar-refractivity contribution in [2.45, 2.75) is 32.1 Å². The Morgan fingerprint density at radius 2 is 2.05 bits per heavy atom. The lowest BCUT2D eigenvalue weighted by Gasteiger charge is -2.35. The number of aryl methyl sites for hydroxylation is 1. The Labute approximate surface area is 114 Å². The zero-order valence-corrected chi connectivity index (χ0v) is 10.9. The molecule has 1 aromatic rings. The Hall–Kier alpha value is -2.24. The van der Waals surface area contributed by atoms with Crippen LogP contribution in [0.5, 0.6) is 0 Å². The molecule has 0 saturated carbocycles. The molecule has 0 aliphatic carbocycles. The molecule has 20 heavy (non-hydrogen) atoms. The number of hydrogen-bond acceptors (Lipinski definition) is 3. The summed E-state index contributed by atoms with van der Waals surface area (Å²) in [6.45, 7) is 1.93. The van der Waals surface area contributed by atoms with E-state index in [-0.39, 0.29) is 19.4 Å². The van der Waals surface area contributed by atoms with Gasteiger partial charge in [-0.25, -0.2) is 4.39 Å². The summed E-state index contributed by atoms with van der Waals surface area (Å²) in [6, 6.07) is 5.22. The molecule has 0 bridgehead atoms. The van der Waals surface area contributed by atoms with Crippen molar-refractivity contribution in [2.75, 3.05) is 0 Å². The second-order valence-corrected chi connectivity index (χ2v) is 5.19. The maximum absolute atomic E-state index is 14.9. The number of hydrogen-bond donors (Lipinski definition) is 1. The summed E-state index contributed by atoms with van der Waals surface area (Å²) in [5.74, 6) is -4.51. The summed E-state index contributed by atoms with van der Waals surface area (Å²) in [6.07, 6.45) is -0.405. The summed E-state index contributed by atoms with van der Waals surface area (Å²) in [7, 11) is 0. The second kappa shape index (κ2) is 4.13. The fourth-order valence-corrected chi connectivity index (χ4v) is 2.67. The van der Waals surface area contributed by atoms with Crippen LogP contribution in [0.4, 0.5) is 4.39 Å². The molecule has 6 heteroatoms. The van der Waals surface area contributed by atoms with Crippen molar-refractivity contribution in [3.63, 3.8) is 0 Å². The summed E-state index contributed by atoms with van der Waals surface area (Å²) in [4.78, 5) is 36.1. The van der Waals surface area contributed by atoms with Crippen LogP contribution < -0.4 is 5.32 Å². The van der Waals surface area contributed by atoms with E-state index in [4.69, 9.17) is 0 Å². The summed E-state index contributed by atoms with van der Waals surface area (Å²) in [5, 5.41) is 1.96. The lowest BCUT2D eigenvalue weighted by molar-refractivity contribution is -0.154. The third-order valence-electron chi connectivity index (χ3n) is 3.78. The minimum Gasteiger partial charge on any atom is -0.294 e. The van der Waals surface area contributed by atoms with E-state index < -0.39 is 23.5 Å². The molecule has 1 unspecified atom stereocenters. The first-order valence-electron chi connectivity index (χ1n) is 6.36. The molecule has 2 aliphatic rings. The fourth-order valence-electron chi connectivity index (χ4n) is 2.67. The topological polar surface area (TPSA) is 66.5 Å². The zero-order valence-electron chi connectivity index (χ0n) is 10.9. The van der Waals surface area contributed by atoms with Gasteiger partial charge in [-0.1, -0.05) is 17.7 Å². The number of halogens is 1. The number of piperidine rings is 1. The van der Waals surface area contributed by atoms with Gasteiger partial charge >= 0.3 is 0 Å². The van der Waals surface area contributed by atoms with E-state index in [1.807, 2.05) is 18.3 Å². The van der Waals surface area contributed by atoms with Gasteiger partial charge in [-0.2, -0.15) is 0 Å². The number of rotatable bonds is 1. The van der Waals surface area contributed by atoms with Crippen molar-refractivity contribution in [2.24, 2.45) is 0 Å². The van der Waals surface area contributed by atoms with E-state index in [1.165, 1.54) is 0 Å². The van der Waals surface area contributed by atoms with Gasteiger partial charge in [0.05, 0.1) is 6.54 Å². The van der Waals surface area contributed by atoms with E-state index in [1.54, 1.807) is 12.1 Å². The quantitative estimate of drug-likeness (QED) is 0.616. The van der Waals surface area contributed by atoms with Gasteiger partial charge in [0.1, 0.15) is 0 Å². The van der Waals surface area contributed by atoms with E-state index in [0.29, 0.717) is 11.1 Å². The van der Waals surface area contributed by atoms with Crippen molar-refractivity contribution in [3.05, 3.63) is 34.9 Å². The number of carbonyl (C=O) groups excluding carboxylic acids is 3. The zero-order chi connectivity index (χ0) is 14.5. The molecule has 3 rings (SSSR count). The van der Waals surface area contributed by atoms with Crippen LogP contribution in [0.15, 0.2) is 18.2 Å². The Bertz CT molecular complexity index is 643. The van der Waals surface area contributed by atoms with Crippen LogP contribution >= 0.6 is 0 Å². The molecule has 1 fully saturated rings. The van der Waals surface area contributed by atoms with Crippen molar-refractivity contribution >= 4 is 17.7 Å². The van der Waals surface area contributed by atoms with Gasteiger partial charge in [0.2, 0.25) is 5.91 Å². The monoisotopic (exact) mass is 276 g/mol. The fraction of sp³-hybridized carbons (Fsp3) is 0.357. The first kappa shape index (κ1) is 12.8. The third-order valence-corrected chi connectivity index (χ3v) is 3.78. The average Bonchev–Trinajstić information content (AvgIpc) is 2.72. The first-order valence-corrected chi connectivity index (χ1v) is 6.36. The van der Waals surface area contributed by atoms with Gasteiger partial charge in [0.25, 0.3) is 17.6 Å². The van der Waals surface area contributed by atoms with Gasteiger partial charge in [-0.15, -0.1) is 0 Å². The predicted octanol–water partition coefficient (Wildman–Crippen LogP) is 1.05. The molecule has 2 aliphatic heterocycles. The Kier molecular flexibility index (Phi) is 2.64. The summed E-state index contributed by atoms with van der Waals surface area (Å²) < 4.78 is 14.9. The first-order chi connectivity index (χ1) is 9.41. The molecule has 0 aromatic heterocycles. The van der Waals surface area contributed by atoms with E-state index in [0.717, 1.165) is 10.5 Å². The molecule has 1 aromatic carbocycles. The van der Waals surface area contributed by atoms with Crippen LogP contribution in [0.2, 0.25) is 0 Å². The second-order valence-electron chi connectivity index (χ2n) is 5.19. The van der Waals surface area contributed by atoms with Crippen LogP contribution in [0.25, 0.3) is 0 Å². The van der Waals surface area contributed by atoms with Crippen LogP contribution in [0.1, 0.15) is 34.3 Å². The number of carbonyl (C=O) groups is 3. The van der Waals surface area contributed by atoms with Crippen LogP contribution in [-0.2, 0) is 16.1 Å². The number of imide groups is 1. The standard InChI is InChI=1S/C14H13FN2O3/c1-8-2-3-10-9(6-8)7-17(12(10)19)14(15)5-4-11(18)16-13(14)20/h2-3,6H,4-5,7H2,1H3,(H,16,18,20). The van der Waals surface area contributed by atoms with Gasteiger partial charge in [0, 0.05) is 18.4 Å². The van der Waals surface area contributed by atoms with Gasteiger partial charge in [0.15, 0.2) is 0 Å².